The van der Waals surface area contributed by atoms with E-state index in [1.165, 1.54) is 36.2 Å². The summed E-state index contributed by atoms with van der Waals surface area (Å²) in [5.41, 5.74) is 4.15. The number of nitrogens with zero attached hydrogens (tertiary/aromatic N) is 1. The molecule has 0 radical (unpaired) electrons. The van der Waals surface area contributed by atoms with Crippen molar-refractivity contribution in [2.75, 3.05) is 26.2 Å². The number of aromatic hydroxyl groups is 1. The first kappa shape index (κ1) is 22.3. The molecule has 0 spiro atoms. The molecule has 1 aliphatic heterocycles. The molecule has 3 nitrogen and oxygen atoms in total. The van der Waals surface area contributed by atoms with E-state index in [1.54, 1.807) is 0 Å². The first-order chi connectivity index (χ1) is 11.2. The van der Waals surface area contributed by atoms with Crippen LogP contribution in [-0.4, -0.2) is 41.4 Å². The van der Waals surface area contributed by atoms with Crippen LogP contribution in [0.5, 0.6) is 11.5 Å². The topological polar surface area (TPSA) is 29.5 Å². The maximum absolute atomic E-state index is 10.3. The quantitative estimate of drug-likeness (QED) is 0.718. The summed E-state index contributed by atoms with van der Waals surface area (Å²) >= 11 is 0. The van der Waals surface area contributed by atoms with E-state index in [2.05, 4.69) is 34.6 Å². The molecule has 0 fully saturated rings. The number of phenolic OH excluding ortho intramolecular Hbond substituents is 1. The highest BCUT2D eigenvalue weighted by molar-refractivity contribution is 5.58. The van der Waals surface area contributed by atoms with Crippen molar-refractivity contribution in [2.24, 2.45) is 0 Å². The maximum atomic E-state index is 10.3. The number of benzene rings is 1. The van der Waals surface area contributed by atoms with Gasteiger partial charge in [0.25, 0.3) is 0 Å². The van der Waals surface area contributed by atoms with Crippen LogP contribution in [0.3, 0.4) is 0 Å². The number of hydrogen-bond acceptors (Lipinski definition) is 2. The Morgan fingerprint density at radius 1 is 1.00 bits per heavy atom. The van der Waals surface area contributed by atoms with Gasteiger partial charge in [-0.2, -0.15) is 0 Å². The number of fused-ring (bicyclic) bond motifs is 1. The van der Waals surface area contributed by atoms with Gasteiger partial charge in [-0.05, 0) is 78.0 Å². The number of ether oxygens (including phenoxy) is 1. The van der Waals surface area contributed by atoms with Crippen LogP contribution in [0.2, 0.25) is 0 Å². The molecule has 0 aromatic heterocycles. The molecule has 1 aromatic carbocycles. The minimum Gasteiger partial charge on any atom is -1.00 e. The van der Waals surface area contributed by atoms with E-state index >= 15 is 0 Å². The summed E-state index contributed by atoms with van der Waals surface area (Å²) in [7, 11) is 0. The lowest BCUT2D eigenvalue weighted by molar-refractivity contribution is -0.924. The second-order valence-electron chi connectivity index (χ2n) is 7.85. The van der Waals surface area contributed by atoms with Gasteiger partial charge in [0.2, 0.25) is 0 Å². The van der Waals surface area contributed by atoms with Gasteiger partial charge in [0.15, 0.2) is 0 Å². The summed E-state index contributed by atoms with van der Waals surface area (Å²) in [5.74, 6) is 1.47. The third-order valence-corrected chi connectivity index (χ3v) is 6.72. The van der Waals surface area contributed by atoms with E-state index in [4.69, 9.17) is 4.74 Å². The third-order valence-electron chi connectivity index (χ3n) is 6.72. The van der Waals surface area contributed by atoms with Gasteiger partial charge in [0, 0.05) is 12.0 Å². The lowest BCUT2D eigenvalue weighted by Crippen LogP contribution is -3.00. The standard InChI is InChI=1S/C21H35NO2.BrH/c1-8-22(9-2,10-3)14-13-21(7)12-11-18-17(6)19(23)15(4)16(5)20(18)24-21;/h8-14H2,1-7H3;1H. The molecule has 1 aliphatic rings. The van der Waals surface area contributed by atoms with E-state index in [0.717, 1.165) is 41.7 Å². The molecule has 0 bridgehead atoms. The minimum absolute atomic E-state index is 0. The molecule has 25 heavy (non-hydrogen) atoms. The largest absolute Gasteiger partial charge is 1.00 e. The normalized spacial score (nSPS) is 19.8. The van der Waals surface area contributed by atoms with Gasteiger partial charge in [-0.3, -0.25) is 0 Å². The second-order valence-corrected chi connectivity index (χ2v) is 7.85. The fourth-order valence-electron chi connectivity index (χ4n) is 4.09. The Bertz CT molecular complexity index is 602. The molecule has 1 unspecified atom stereocenters. The van der Waals surface area contributed by atoms with Gasteiger partial charge in [0.05, 0.1) is 26.2 Å². The van der Waals surface area contributed by atoms with Crippen LogP contribution in [0, 0.1) is 20.8 Å². The van der Waals surface area contributed by atoms with Crippen LogP contribution in [0.4, 0.5) is 0 Å². The lowest BCUT2D eigenvalue weighted by atomic mass is 9.85. The Kier molecular flexibility index (Phi) is 7.41. The molecular weight excluding hydrogens is 378 g/mol. The van der Waals surface area contributed by atoms with Crippen molar-refractivity contribution in [1.82, 2.24) is 0 Å². The monoisotopic (exact) mass is 413 g/mol. The second kappa shape index (κ2) is 8.30. The molecule has 1 aromatic rings. The number of phenols is 1. The average molecular weight is 414 g/mol. The van der Waals surface area contributed by atoms with Crippen LogP contribution in [0.25, 0.3) is 0 Å². The van der Waals surface area contributed by atoms with E-state index in [-0.39, 0.29) is 22.6 Å². The molecule has 0 saturated carbocycles. The average Bonchev–Trinajstić information content (AvgIpc) is 2.60. The van der Waals surface area contributed by atoms with E-state index in [1.807, 2.05) is 13.8 Å². The number of halogens is 1. The van der Waals surface area contributed by atoms with E-state index in [0.29, 0.717) is 5.75 Å². The number of rotatable bonds is 6. The van der Waals surface area contributed by atoms with Crippen LogP contribution in [0.1, 0.15) is 62.8 Å². The fourth-order valence-corrected chi connectivity index (χ4v) is 4.09. The Hall–Kier alpha value is -0.740. The summed E-state index contributed by atoms with van der Waals surface area (Å²) in [5, 5.41) is 10.3. The zero-order chi connectivity index (χ0) is 18.1. The van der Waals surface area contributed by atoms with Crippen LogP contribution in [-0.2, 0) is 6.42 Å². The minimum atomic E-state index is -0.101. The zero-order valence-corrected chi connectivity index (χ0v) is 18.7. The molecule has 0 saturated heterocycles. The van der Waals surface area contributed by atoms with Crippen LogP contribution >= 0.6 is 0 Å². The first-order valence-corrected chi connectivity index (χ1v) is 9.58. The highest BCUT2D eigenvalue weighted by Gasteiger charge is 2.36. The van der Waals surface area contributed by atoms with Gasteiger partial charge in [-0.15, -0.1) is 0 Å². The third kappa shape index (κ3) is 4.16. The van der Waals surface area contributed by atoms with Gasteiger partial charge in [-0.1, -0.05) is 0 Å². The molecule has 2 rings (SSSR count). The van der Waals surface area contributed by atoms with Crippen molar-refractivity contribution in [1.29, 1.82) is 0 Å². The van der Waals surface area contributed by atoms with Gasteiger partial charge >= 0.3 is 0 Å². The molecular formula is C21H36BrNO2. The number of hydrogen-bond donors (Lipinski definition) is 1. The Labute approximate surface area is 164 Å². The zero-order valence-electron chi connectivity index (χ0n) is 17.1. The van der Waals surface area contributed by atoms with Crippen LogP contribution in [0.15, 0.2) is 0 Å². The molecule has 4 heteroatoms. The van der Waals surface area contributed by atoms with Crippen molar-refractivity contribution >= 4 is 0 Å². The molecule has 0 aliphatic carbocycles. The molecule has 0 amide bonds. The SMILES string of the molecule is CC[N+](CC)(CC)CCC1(C)CCc2c(C)c(O)c(C)c(C)c2O1.[Br-]. The lowest BCUT2D eigenvalue weighted by Gasteiger charge is -2.42. The Morgan fingerprint density at radius 3 is 2.08 bits per heavy atom. The summed E-state index contributed by atoms with van der Waals surface area (Å²) in [6, 6.07) is 0. The van der Waals surface area contributed by atoms with Crippen LogP contribution < -0.4 is 21.7 Å². The summed E-state index contributed by atoms with van der Waals surface area (Å²) in [6.07, 6.45) is 3.11. The molecule has 1 atom stereocenters. The predicted molar refractivity (Wildman–Crippen MR) is 101 cm³/mol. The van der Waals surface area contributed by atoms with Crippen molar-refractivity contribution in [3.05, 3.63) is 22.3 Å². The maximum Gasteiger partial charge on any atom is 0.127 e. The summed E-state index contributed by atoms with van der Waals surface area (Å²) in [4.78, 5) is 0. The Morgan fingerprint density at radius 2 is 1.56 bits per heavy atom. The first-order valence-electron chi connectivity index (χ1n) is 9.58. The highest BCUT2D eigenvalue weighted by atomic mass is 79.9. The van der Waals surface area contributed by atoms with Gasteiger partial charge < -0.3 is 31.3 Å². The van der Waals surface area contributed by atoms with E-state index < -0.39 is 0 Å². The molecule has 1 N–H and O–H groups in total. The van der Waals surface area contributed by atoms with Gasteiger partial charge in [-0.25, -0.2) is 0 Å². The van der Waals surface area contributed by atoms with Gasteiger partial charge in [0.1, 0.15) is 17.1 Å². The number of quaternary nitrogens is 1. The highest BCUT2D eigenvalue weighted by Crippen LogP contribution is 2.44. The smallest absolute Gasteiger partial charge is 0.127 e. The van der Waals surface area contributed by atoms with E-state index in [9.17, 15) is 5.11 Å². The summed E-state index contributed by atoms with van der Waals surface area (Å²) < 4.78 is 7.74. The molecule has 144 valence electrons. The summed E-state index contributed by atoms with van der Waals surface area (Å²) in [6.45, 7) is 20.0. The predicted octanol–water partition coefficient (Wildman–Crippen LogP) is 1.67. The van der Waals surface area contributed by atoms with Crippen molar-refractivity contribution in [2.45, 2.75) is 73.3 Å². The molecule has 1 heterocycles. The Balaban J connectivity index is 0.00000312. The van der Waals surface area contributed by atoms with Crippen molar-refractivity contribution < 1.29 is 31.3 Å². The fraction of sp³-hybridized carbons (Fsp3) is 0.714. The van der Waals surface area contributed by atoms with Crippen molar-refractivity contribution in [3.63, 3.8) is 0 Å². The van der Waals surface area contributed by atoms with Crippen molar-refractivity contribution in [3.8, 4) is 11.5 Å².